The third-order valence-corrected chi connectivity index (χ3v) is 5.89. The molecule has 8 nitrogen and oxygen atoms in total. The van der Waals surface area contributed by atoms with E-state index < -0.39 is 17.5 Å². The van der Waals surface area contributed by atoms with Gasteiger partial charge in [0.2, 0.25) is 11.8 Å². The number of anilines is 1. The van der Waals surface area contributed by atoms with Gasteiger partial charge in [-0.2, -0.15) is 0 Å². The fourth-order valence-electron chi connectivity index (χ4n) is 4.06. The van der Waals surface area contributed by atoms with Gasteiger partial charge < -0.3 is 15.5 Å². The Bertz CT molecular complexity index is 813. The summed E-state index contributed by atoms with van der Waals surface area (Å²) in [4.78, 5) is 52.5. The molecule has 2 aliphatic rings. The summed E-state index contributed by atoms with van der Waals surface area (Å²) in [6, 6.07) is 6.82. The second-order valence-electron chi connectivity index (χ2n) is 8.34. The van der Waals surface area contributed by atoms with Crippen molar-refractivity contribution in [3.8, 4) is 0 Å². The number of hydrogen-bond acceptors (Lipinski definition) is 4. The minimum Gasteiger partial charge on any atom is -0.335 e. The molecule has 162 valence electrons. The zero-order chi connectivity index (χ0) is 21.7. The average molecular weight is 415 g/mol. The number of amides is 5. The second-order valence-corrected chi connectivity index (χ2v) is 8.34. The number of rotatable bonds is 5. The van der Waals surface area contributed by atoms with Crippen molar-refractivity contribution in [3.05, 3.63) is 29.8 Å². The minimum atomic E-state index is -0.876. The molecule has 1 aromatic rings. The lowest BCUT2D eigenvalue weighted by Gasteiger charge is -2.28. The van der Waals surface area contributed by atoms with Crippen molar-refractivity contribution >= 4 is 29.4 Å². The number of aryl methyl sites for hydroxylation is 1. The summed E-state index contributed by atoms with van der Waals surface area (Å²) < 4.78 is 0. The molecule has 3 rings (SSSR count). The van der Waals surface area contributed by atoms with Gasteiger partial charge in [-0.3, -0.25) is 19.3 Å². The molecule has 1 aliphatic carbocycles. The van der Waals surface area contributed by atoms with Crippen LogP contribution in [0.3, 0.4) is 0 Å². The standard InChI is InChI=1S/C22H30N4O4/c1-16-8-10-17(11-9-16)23-18(27)14-25(2)19(28)15-26-20(29)22(24-21(26)30)12-6-4-3-5-7-13-22/h8-11H,3-7,12-15H2,1-2H3,(H,23,27)(H,24,30). The number of carbonyl (C=O) groups excluding carboxylic acids is 4. The van der Waals surface area contributed by atoms with Crippen molar-refractivity contribution in [2.75, 3.05) is 25.5 Å². The van der Waals surface area contributed by atoms with E-state index in [1.807, 2.05) is 19.1 Å². The zero-order valence-corrected chi connectivity index (χ0v) is 17.7. The first kappa shape index (κ1) is 21.8. The summed E-state index contributed by atoms with van der Waals surface area (Å²) in [5, 5.41) is 5.58. The molecule has 8 heteroatoms. The normalized spacial score (nSPS) is 18.5. The largest absolute Gasteiger partial charge is 0.335 e. The van der Waals surface area contributed by atoms with Gasteiger partial charge in [-0.1, -0.05) is 49.8 Å². The molecule has 30 heavy (non-hydrogen) atoms. The summed E-state index contributed by atoms with van der Waals surface area (Å²) in [5.41, 5.74) is 0.849. The van der Waals surface area contributed by atoms with E-state index in [1.165, 1.54) is 11.9 Å². The fraction of sp³-hybridized carbons (Fsp3) is 0.545. The minimum absolute atomic E-state index is 0.165. The first-order valence-corrected chi connectivity index (χ1v) is 10.6. The van der Waals surface area contributed by atoms with Crippen molar-refractivity contribution in [2.24, 2.45) is 0 Å². The van der Waals surface area contributed by atoms with Crippen LogP contribution in [0.2, 0.25) is 0 Å². The van der Waals surface area contributed by atoms with Crippen LogP contribution >= 0.6 is 0 Å². The maximum absolute atomic E-state index is 13.0. The van der Waals surface area contributed by atoms with Crippen molar-refractivity contribution < 1.29 is 19.2 Å². The highest BCUT2D eigenvalue weighted by atomic mass is 16.2. The third-order valence-electron chi connectivity index (χ3n) is 5.89. The number of likely N-dealkylation sites (N-methyl/N-ethyl adjacent to an activating group) is 1. The smallest absolute Gasteiger partial charge is 0.325 e. The topological polar surface area (TPSA) is 98.8 Å². The molecule has 2 N–H and O–H groups in total. The van der Waals surface area contributed by atoms with Gasteiger partial charge in [0.05, 0.1) is 6.54 Å². The maximum atomic E-state index is 13.0. The Morgan fingerprint density at radius 2 is 1.67 bits per heavy atom. The Morgan fingerprint density at radius 1 is 1.07 bits per heavy atom. The monoisotopic (exact) mass is 414 g/mol. The van der Waals surface area contributed by atoms with Crippen LogP contribution in [0.1, 0.15) is 50.5 Å². The van der Waals surface area contributed by atoms with Crippen LogP contribution < -0.4 is 10.6 Å². The van der Waals surface area contributed by atoms with E-state index in [0.29, 0.717) is 18.5 Å². The predicted molar refractivity (Wildman–Crippen MR) is 113 cm³/mol. The van der Waals surface area contributed by atoms with Gasteiger partial charge in [-0.15, -0.1) is 0 Å². The van der Waals surface area contributed by atoms with Crippen LogP contribution in [0.5, 0.6) is 0 Å². The molecule has 0 aromatic heterocycles. The Hall–Kier alpha value is -2.90. The number of urea groups is 1. The van der Waals surface area contributed by atoms with Gasteiger partial charge in [-0.25, -0.2) is 4.79 Å². The van der Waals surface area contributed by atoms with E-state index in [1.54, 1.807) is 12.1 Å². The zero-order valence-electron chi connectivity index (χ0n) is 17.7. The van der Waals surface area contributed by atoms with E-state index in [2.05, 4.69) is 10.6 Å². The van der Waals surface area contributed by atoms with Gasteiger partial charge in [0.25, 0.3) is 5.91 Å². The number of benzene rings is 1. The maximum Gasteiger partial charge on any atom is 0.325 e. The van der Waals surface area contributed by atoms with E-state index in [4.69, 9.17) is 0 Å². The Balaban J connectivity index is 1.56. The third kappa shape index (κ3) is 4.98. The fourth-order valence-corrected chi connectivity index (χ4v) is 4.06. The number of nitrogens with zero attached hydrogens (tertiary/aromatic N) is 2. The molecule has 5 amide bonds. The average Bonchev–Trinajstić information content (AvgIpc) is 2.91. The van der Waals surface area contributed by atoms with E-state index in [-0.39, 0.29) is 24.9 Å². The molecule has 1 aliphatic heterocycles. The van der Waals surface area contributed by atoms with Crippen LogP contribution in [-0.2, 0) is 14.4 Å². The number of nitrogens with one attached hydrogen (secondary N) is 2. The number of imide groups is 1. The van der Waals surface area contributed by atoms with E-state index in [0.717, 1.165) is 42.6 Å². The molecule has 0 radical (unpaired) electrons. The summed E-state index contributed by atoms with van der Waals surface area (Å²) in [7, 11) is 1.49. The van der Waals surface area contributed by atoms with Gasteiger partial charge in [0.1, 0.15) is 12.1 Å². The first-order chi connectivity index (χ1) is 14.3. The molecule has 1 aromatic carbocycles. The molecule has 0 bridgehead atoms. The van der Waals surface area contributed by atoms with Crippen LogP contribution in [0.25, 0.3) is 0 Å². The lowest BCUT2D eigenvalue weighted by Crippen LogP contribution is -2.48. The summed E-state index contributed by atoms with van der Waals surface area (Å²) in [6.07, 6.45) is 6.22. The Kier molecular flexibility index (Phi) is 6.74. The van der Waals surface area contributed by atoms with Crippen LogP contribution in [0.4, 0.5) is 10.5 Å². The highest BCUT2D eigenvalue weighted by Crippen LogP contribution is 2.32. The van der Waals surface area contributed by atoms with Gasteiger partial charge >= 0.3 is 6.03 Å². The van der Waals surface area contributed by atoms with E-state index in [9.17, 15) is 19.2 Å². The highest BCUT2D eigenvalue weighted by molar-refractivity contribution is 6.09. The summed E-state index contributed by atoms with van der Waals surface area (Å²) >= 11 is 0. The lowest BCUT2D eigenvalue weighted by molar-refractivity contribution is -0.139. The SMILES string of the molecule is Cc1ccc(NC(=O)CN(C)C(=O)CN2C(=O)NC3(CCCCCCC3)C2=O)cc1. The van der Waals surface area contributed by atoms with Crippen LogP contribution in [-0.4, -0.2) is 59.2 Å². The van der Waals surface area contributed by atoms with Crippen molar-refractivity contribution in [1.29, 1.82) is 0 Å². The molecule has 1 heterocycles. The number of carbonyl (C=O) groups is 4. The summed E-state index contributed by atoms with van der Waals surface area (Å²) in [6.45, 7) is 1.43. The molecular formula is C22H30N4O4. The lowest BCUT2D eigenvalue weighted by atomic mass is 9.84. The van der Waals surface area contributed by atoms with E-state index >= 15 is 0 Å². The molecule has 1 spiro atoms. The summed E-state index contributed by atoms with van der Waals surface area (Å²) in [5.74, 6) is -1.12. The van der Waals surface area contributed by atoms with Crippen molar-refractivity contribution in [2.45, 2.75) is 57.4 Å². The molecule has 1 saturated heterocycles. The molecular weight excluding hydrogens is 384 g/mol. The Morgan fingerprint density at radius 3 is 2.30 bits per heavy atom. The number of hydrogen-bond donors (Lipinski definition) is 2. The molecule has 2 fully saturated rings. The molecule has 0 atom stereocenters. The molecule has 1 saturated carbocycles. The predicted octanol–water partition coefficient (Wildman–Crippen LogP) is 2.43. The van der Waals surface area contributed by atoms with Gasteiger partial charge in [-0.05, 0) is 31.9 Å². The first-order valence-electron chi connectivity index (χ1n) is 10.6. The van der Waals surface area contributed by atoms with Crippen LogP contribution in [0, 0.1) is 6.92 Å². The second kappa shape index (κ2) is 9.28. The highest BCUT2D eigenvalue weighted by Gasteiger charge is 2.50. The van der Waals surface area contributed by atoms with Gasteiger partial charge in [0.15, 0.2) is 0 Å². The quantitative estimate of drug-likeness (QED) is 0.723. The molecule has 0 unspecified atom stereocenters. The van der Waals surface area contributed by atoms with Crippen LogP contribution in [0.15, 0.2) is 24.3 Å². The Labute approximate surface area is 177 Å². The van der Waals surface area contributed by atoms with Crippen molar-refractivity contribution in [3.63, 3.8) is 0 Å². The van der Waals surface area contributed by atoms with Crippen molar-refractivity contribution in [1.82, 2.24) is 15.1 Å². The van der Waals surface area contributed by atoms with Gasteiger partial charge in [0, 0.05) is 12.7 Å².